The lowest BCUT2D eigenvalue weighted by Gasteiger charge is -2.36. The van der Waals surface area contributed by atoms with Gasteiger partial charge in [0, 0.05) is 32.4 Å². The summed E-state index contributed by atoms with van der Waals surface area (Å²) in [6.45, 7) is 7.90. The van der Waals surface area contributed by atoms with Crippen molar-refractivity contribution in [1.29, 1.82) is 0 Å². The SMILES string of the molecule is Cc1ccc(N2CCN(c3ncccc3C)CC2)nn1. The minimum Gasteiger partial charge on any atom is -0.353 e. The Morgan fingerprint density at radius 1 is 0.900 bits per heavy atom. The number of nitrogens with zero attached hydrogens (tertiary/aromatic N) is 5. The second-order valence-electron chi connectivity index (χ2n) is 5.15. The highest BCUT2D eigenvalue weighted by molar-refractivity contribution is 5.48. The molecule has 0 aliphatic carbocycles. The lowest BCUT2D eigenvalue weighted by molar-refractivity contribution is 0.636. The van der Waals surface area contributed by atoms with Gasteiger partial charge in [-0.25, -0.2) is 4.98 Å². The summed E-state index contributed by atoms with van der Waals surface area (Å²) in [4.78, 5) is 9.11. The van der Waals surface area contributed by atoms with Crippen LogP contribution in [0.5, 0.6) is 0 Å². The van der Waals surface area contributed by atoms with Gasteiger partial charge in [-0.2, -0.15) is 5.10 Å². The summed E-state index contributed by atoms with van der Waals surface area (Å²) < 4.78 is 0. The zero-order valence-electron chi connectivity index (χ0n) is 12.0. The molecule has 2 aromatic heterocycles. The van der Waals surface area contributed by atoms with Gasteiger partial charge in [-0.05, 0) is 37.6 Å². The molecule has 0 bridgehead atoms. The summed E-state index contributed by atoms with van der Waals surface area (Å²) in [5, 5.41) is 8.39. The molecular weight excluding hydrogens is 250 g/mol. The van der Waals surface area contributed by atoms with Gasteiger partial charge in [-0.1, -0.05) is 6.07 Å². The van der Waals surface area contributed by atoms with Gasteiger partial charge < -0.3 is 9.80 Å². The van der Waals surface area contributed by atoms with Crippen molar-refractivity contribution in [2.45, 2.75) is 13.8 Å². The molecule has 3 rings (SSSR count). The van der Waals surface area contributed by atoms with Gasteiger partial charge in [0.05, 0.1) is 5.69 Å². The number of rotatable bonds is 2. The fraction of sp³-hybridized carbons (Fsp3) is 0.400. The first-order valence-electron chi connectivity index (χ1n) is 6.96. The van der Waals surface area contributed by atoms with Gasteiger partial charge in [0.2, 0.25) is 0 Å². The van der Waals surface area contributed by atoms with Gasteiger partial charge in [-0.15, -0.1) is 5.10 Å². The molecule has 0 spiro atoms. The average Bonchev–Trinajstić information content (AvgIpc) is 2.49. The third-order valence-corrected chi connectivity index (χ3v) is 3.67. The zero-order chi connectivity index (χ0) is 13.9. The largest absolute Gasteiger partial charge is 0.353 e. The summed E-state index contributed by atoms with van der Waals surface area (Å²) >= 11 is 0. The highest BCUT2D eigenvalue weighted by Crippen LogP contribution is 2.19. The van der Waals surface area contributed by atoms with E-state index in [0.29, 0.717) is 0 Å². The molecule has 5 nitrogen and oxygen atoms in total. The van der Waals surface area contributed by atoms with E-state index in [2.05, 4.69) is 38.0 Å². The lowest BCUT2D eigenvalue weighted by Crippen LogP contribution is -2.47. The molecule has 0 N–H and O–H groups in total. The third kappa shape index (κ3) is 2.57. The van der Waals surface area contributed by atoms with E-state index in [-0.39, 0.29) is 0 Å². The normalized spacial score (nSPS) is 15.5. The van der Waals surface area contributed by atoms with Crippen molar-refractivity contribution >= 4 is 11.6 Å². The van der Waals surface area contributed by atoms with Crippen LogP contribution in [0.4, 0.5) is 11.6 Å². The molecule has 20 heavy (non-hydrogen) atoms. The summed E-state index contributed by atoms with van der Waals surface area (Å²) in [7, 11) is 0. The van der Waals surface area contributed by atoms with E-state index in [1.807, 2.05) is 31.3 Å². The number of hydrogen-bond acceptors (Lipinski definition) is 5. The standard InChI is InChI=1S/C15H19N5/c1-12-4-3-7-16-15(12)20-10-8-19(9-11-20)14-6-5-13(2)17-18-14/h3-7H,8-11H2,1-2H3. The number of aryl methyl sites for hydroxylation is 2. The quantitative estimate of drug-likeness (QED) is 0.832. The van der Waals surface area contributed by atoms with Gasteiger partial charge in [0.15, 0.2) is 5.82 Å². The first-order chi connectivity index (χ1) is 9.74. The molecule has 2 aromatic rings. The van der Waals surface area contributed by atoms with Crippen LogP contribution in [0.2, 0.25) is 0 Å². The van der Waals surface area contributed by atoms with E-state index in [0.717, 1.165) is 43.5 Å². The maximum Gasteiger partial charge on any atom is 0.151 e. The number of anilines is 2. The first-order valence-corrected chi connectivity index (χ1v) is 6.96. The predicted octanol–water partition coefficient (Wildman–Crippen LogP) is 1.82. The van der Waals surface area contributed by atoms with Crippen molar-refractivity contribution in [3.05, 3.63) is 41.7 Å². The smallest absolute Gasteiger partial charge is 0.151 e. The van der Waals surface area contributed by atoms with E-state index < -0.39 is 0 Å². The highest BCUT2D eigenvalue weighted by atomic mass is 15.3. The van der Waals surface area contributed by atoms with Crippen LogP contribution in [0.1, 0.15) is 11.3 Å². The molecule has 0 radical (unpaired) electrons. The van der Waals surface area contributed by atoms with Crippen molar-refractivity contribution in [3.63, 3.8) is 0 Å². The number of pyridine rings is 1. The topological polar surface area (TPSA) is 45.2 Å². The Morgan fingerprint density at radius 3 is 2.30 bits per heavy atom. The Morgan fingerprint density at radius 2 is 1.65 bits per heavy atom. The molecule has 3 heterocycles. The van der Waals surface area contributed by atoms with E-state index in [1.54, 1.807) is 0 Å². The molecule has 0 atom stereocenters. The predicted molar refractivity (Wildman–Crippen MR) is 80.2 cm³/mol. The van der Waals surface area contributed by atoms with Gasteiger partial charge in [-0.3, -0.25) is 0 Å². The minimum atomic E-state index is 0.952. The fourth-order valence-corrected chi connectivity index (χ4v) is 2.52. The van der Waals surface area contributed by atoms with Crippen LogP contribution < -0.4 is 9.80 Å². The number of piperazine rings is 1. The Labute approximate surface area is 119 Å². The van der Waals surface area contributed by atoms with E-state index >= 15 is 0 Å². The van der Waals surface area contributed by atoms with Gasteiger partial charge >= 0.3 is 0 Å². The van der Waals surface area contributed by atoms with Crippen LogP contribution in [-0.4, -0.2) is 41.4 Å². The molecular formula is C15H19N5. The molecule has 1 aliphatic rings. The van der Waals surface area contributed by atoms with Crippen molar-refractivity contribution < 1.29 is 0 Å². The highest BCUT2D eigenvalue weighted by Gasteiger charge is 2.20. The van der Waals surface area contributed by atoms with Crippen molar-refractivity contribution in [2.24, 2.45) is 0 Å². The molecule has 0 amide bonds. The van der Waals surface area contributed by atoms with Gasteiger partial charge in [0.1, 0.15) is 5.82 Å². The Hall–Kier alpha value is -2.17. The van der Waals surface area contributed by atoms with Gasteiger partial charge in [0.25, 0.3) is 0 Å². The van der Waals surface area contributed by atoms with Crippen molar-refractivity contribution in [2.75, 3.05) is 36.0 Å². The minimum absolute atomic E-state index is 0.952. The molecule has 0 unspecified atom stereocenters. The van der Waals surface area contributed by atoms with E-state index in [1.165, 1.54) is 5.56 Å². The molecule has 104 valence electrons. The van der Waals surface area contributed by atoms with Crippen LogP contribution in [-0.2, 0) is 0 Å². The average molecular weight is 269 g/mol. The number of hydrogen-bond donors (Lipinski definition) is 0. The molecule has 0 aromatic carbocycles. The van der Waals surface area contributed by atoms with Crippen molar-refractivity contribution in [1.82, 2.24) is 15.2 Å². The summed E-state index contributed by atoms with van der Waals surface area (Å²) in [6.07, 6.45) is 1.86. The second-order valence-corrected chi connectivity index (χ2v) is 5.15. The summed E-state index contributed by atoms with van der Waals surface area (Å²) in [6, 6.07) is 8.15. The van der Waals surface area contributed by atoms with Crippen LogP contribution in [0.15, 0.2) is 30.5 Å². The van der Waals surface area contributed by atoms with Crippen molar-refractivity contribution in [3.8, 4) is 0 Å². The van der Waals surface area contributed by atoms with Crippen LogP contribution in [0, 0.1) is 13.8 Å². The second kappa shape index (κ2) is 5.45. The monoisotopic (exact) mass is 269 g/mol. The number of aromatic nitrogens is 3. The zero-order valence-corrected chi connectivity index (χ0v) is 12.0. The molecule has 0 saturated carbocycles. The molecule has 1 fully saturated rings. The Kier molecular flexibility index (Phi) is 3.50. The Bertz CT molecular complexity index is 573. The first kappa shape index (κ1) is 12.8. The van der Waals surface area contributed by atoms with Crippen LogP contribution >= 0.6 is 0 Å². The van der Waals surface area contributed by atoms with E-state index in [4.69, 9.17) is 0 Å². The summed E-state index contributed by atoms with van der Waals surface area (Å²) in [5.74, 6) is 2.06. The van der Waals surface area contributed by atoms with Crippen LogP contribution in [0.3, 0.4) is 0 Å². The molecule has 1 aliphatic heterocycles. The lowest BCUT2D eigenvalue weighted by atomic mass is 10.2. The maximum atomic E-state index is 4.49. The fourth-order valence-electron chi connectivity index (χ4n) is 2.52. The molecule has 5 heteroatoms. The van der Waals surface area contributed by atoms with E-state index in [9.17, 15) is 0 Å². The molecule has 1 saturated heterocycles. The van der Waals surface area contributed by atoms with Crippen LogP contribution in [0.25, 0.3) is 0 Å². The third-order valence-electron chi connectivity index (χ3n) is 3.67. The summed E-state index contributed by atoms with van der Waals surface area (Å²) in [5.41, 5.74) is 2.19. The maximum absolute atomic E-state index is 4.49. The Balaban J connectivity index is 1.68.